The van der Waals surface area contributed by atoms with E-state index in [4.69, 9.17) is 14.2 Å². The van der Waals surface area contributed by atoms with Gasteiger partial charge < -0.3 is 14.2 Å². The van der Waals surface area contributed by atoms with Crippen LogP contribution in [0.1, 0.15) is 20.7 Å². The van der Waals surface area contributed by atoms with E-state index in [0.29, 0.717) is 5.75 Å². The van der Waals surface area contributed by atoms with Crippen LogP contribution in [0.25, 0.3) is 0 Å². The molecule has 0 saturated heterocycles. The number of nitro groups is 1. The van der Waals surface area contributed by atoms with Crippen molar-refractivity contribution in [2.75, 3.05) is 13.2 Å². The summed E-state index contributed by atoms with van der Waals surface area (Å²) < 4.78 is 15.8. The van der Waals surface area contributed by atoms with Gasteiger partial charge in [0.2, 0.25) is 0 Å². The zero-order valence-electron chi connectivity index (χ0n) is 15.7. The molecule has 0 saturated carbocycles. The van der Waals surface area contributed by atoms with Gasteiger partial charge in [-0.05, 0) is 36.4 Å². The molecule has 0 fully saturated rings. The quantitative estimate of drug-likeness (QED) is 0.182. The van der Waals surface area contributed by atoms with Gasteiger partial charge in [0.15, 0.2) is 0 Å². The molecule has 8 nitrogen and oxygen atoms in total. The van der Waals surface area contributed by atoms with Crippen molar-refractivity contribution in [2.45, 2.75) is 0 Å². The van der Waals surface area contributed by atoms with Gasteiger partial charge in [-0.3, -0.25) is 10.1 Å². The number of hydrogen-bond acceptors (Lipinski definition) is 7. The highest BCUT2D eigenvalue weighted by Gasteiger charge is 2.21. The molecule has 0 bridgehead atoms. The SMILES string of the molecule is O=C(OCCOc1ccccc1)c1cccc(OC(=O)c2ccccc2[N+](=O)[O-])c1. The second-order valence-corrected chi connectivity index (χ2v) is 5.99. The van der Waals surface area contributed by atoms with Crippen molar-refractivity contribution in [1.29, 1.82) is 0 Å². The van der Waals surface area contributed by atoms with Crippen LogP contribution in [0, 0.1) is 10.1 Å². The molecular formula is C22H17NO7. The molecule has 0 aliphatic carbocycles. The molecule has 3 rings (SSSR count). The molecule has 0 heterocycles. The molecule has 8 heteroatoms. The minimum Gasteiger partial charge on any atom is -0.490 e. The monoisotopic (exact) mass is 407 g/mol. The molecule has 0 aliphatic rings. The minimum absolute atomic E-state index is 0.0357. The molecule has 152 valence electrons. The molecule has 30 heavy (non-hydrogen) atoms. The third kappa shape index (κ3) is 5.41. The summed E-state index contributed by atoms with van der Waals surface area (Å²) in [5.74, 6) is -0.787. The molecule has 0 unspecified atom stereocenters. The third-order valence-electron chi connectivity index (χ3n) is 3.93. The van der Waals surface area contributed by atoms with Crippen LogP contribution < -0.4 is 9.47 Å². The molecule has 0 aliphatic heterocycles. The van der Waals surface area contributed by atoms with Crippen molar-refractivity contribution in [1.82, 2.24) is 0 Å². The van der Waals surface area contributed by atoms with E-state index in [1.54, 1.807) is 12.1 Å². The Labute approximate surface area is 171 Å². The average Bonchev–Trinajstić information content (AvgIpc) is 2.77. The molecule has 0 atom stereocenters. The van der Waals surface area contributed by atoms with E-state index in [-0.39, 0.29) is 35.8 Å². The van der Waals surface area contributed by atoms with Crippen LogP contribution in [0.5, 0.6) is 11.5 Å². The number of hydrogen-bond donors (Lipinski definition) is 0. The Balaban J connectivity index is 1.58. The summed E-state index contributed by atoms with van der Waals surface area (Å²) in [4.78, 5) is 34.9. The Hall–Kier alpha value is -4.20. The number of rotatable bonds is 8. The number of carbonyl (C=O) groups is 2. The molecule has 0 aromatic heterocycles. The fourth-order valence-electron chi connectivity index (χ4n) is 2.55. The van der Waals surface area contributed by atoms with Crippen LogP contribution in [0.2, 0.25) is 0 Å². The zero-order chi connectivity index (χ0) is 21.3. The summed E-state index contributed by atoms with van der Waals surface area (Å²) in [5, 5.41) is 11.1. The summed E-state index contributed by atoms with van der Waals surface area (Å²) in [5.41, 5.74) is -0.382. The van der Waals surface area contributed by atoms with Crippen molar-refractivity contribution in [3.05, 3.63) is 100 Å². The first-order valence-electron chi connectivity index (χ1n) is 8.95. The summed E-state index contributed by atoms with van der Waals surface area (Å²) in [6.07, 6.45) is 0. The second-order valence-electron chi connectivity index (χ2n) is 5.99. The molecule has 3 aromatic rings. The lowest BCUT2D eigenvalue weighted by molar-refractivity contribution is -0.385. The van der Waals surface area contributed by atoms with E-state index in [9.17, 15) is 19.7 Å². The number of benzene rings is 3. The lowest BCUT2D eigenvalue weighted by Crippen LogP contribution is -2.13. The van der Waals surface area contributed by atoms with E-state index in [2.05, 4.69) is 0 Å². The number of nitrogens with zero attached hydrogens (tertiary/aromatic N) is 1. The summed E-state index contributed by atoms with van der Waals surface area (Å²) in [6.45, 7) is 0.218. The smallest absolute Gasteiger partial charge is 0.350 e. The first-order valence-corrected chi connectivity index (χ1v) is 8.95. The van der Waals surface area contributed by atoms with E-state index >= 15 is 0 Å². The third-order valence-corrected chi connectivity index (χ3v) is 3.93. The highest BCUT2D eigenvalue weighted by molar-refractivity contribution is 5.95. The Morgan fingerprint density at radius 1 is 0.800 bits per heavy atom. The largest absolute Gasteiger partial charge is 0.490 e. The van der Waals surface area contributed by atoms with Crippen LogP contribution in [-0.2, 0) is 4.74 Å². The van der Waals surface area contributed by atoms with Gasteiger partial charge in [-0.25, -0.2) is 9.59 Å². The molecule has 0 radical (unpaired) electrons. The van der Waals surface area contributed by atoms with Crippen molar-refractivity contribution in [2.24, 2.45) is 0 Å². The first kappa shape index (κ1) is 20.5. The molecule has 3 aromatic carbocycles. The van der Waals surface area contributed by atoms with Gasteiger partial charge in [0.1, 0.15) is 30.3 Å². The van der Waals surface area contributed by atoms with E-state index in [1.807, 2.05) is 18.2 Å². The topological polar surface area (TPSA) is 105 Å². The summed E-state index contributed by atoms with van der Waals surface area (Å²) >= 11 is 0. The van der Waals surface area contributed by atoms with Gasteiger partial charge in [-0.2, -0.15) is 0 Å². The van der Waals surface area contributed by atoms with Crippen LogP contribution in [0.4, 0.5) is 5.69 Å². The van der Waals surface area contributed by atoms with Gasteiger partial charge in [-0.1, -0.05) is 36.4 Å². The Morgan fingerprint density at radius 2 is 1.50 bits per heavy atom. The maximum Gasteiger partial charge on any atom is 0.350 e. The molecule has 0 spiro atoms. The number of carbonyl (C=O) groups excluding carboxylic acids is 2. The van der Waals surface area contributed by atoms with E-state index < -0.39 is 16.9 Å². The predicted octanol–water partition coefficient (Wildman–Crippen LogP) is 4.05. The van der Waals surface area contributed by atoms with Crippen molar-refractivity contribution in [3.63, 3.8) is 0 Å². The van der Waals surface area contributed by atoms with Gasteiger partial charge in [0.05, 0.1) is 10.5 Å². The van der Waals surface area contributed by atoms with Crippen molar-refractivity contribution >= 4 is 17.6 Å². The predicted molar refractivity (Wildman–Crippen MR) is 107 cm³/mol. The zero-order valence-corrected chi connectivity index (χ0v) is 15.7. The number of ether oxygens (including phenoxy) is 3. The number of nitro benzene ring substituents is 1. The normalized spacial score (nSPS) is 10.1. The Bertz CT molecular complexity index is 1050. The van der Waals surface area contributed by atoms with Crippen LogP contribution >= 0.6 is 0 Å². The maximum atomic E-state index is 12.3. The summed E-state index contributed by atoms with van der Waals surface area (Å²) in [6, 6.07) is 20.4. The van der Waals surface area contributed by atoms with E-state index in [0.717, 1.165) is 0 Å². The van der Waals surface area contributed by atoms with Gasteiger partial charge in [-0.15, -0.1) is 0 Å². The Morgan fingerprint density at radius 3 is 2.27 bits per heavy atom. The second kappa shape index (κ2) is 9.83. The van der Waals surface area contributed by atoms with E-state index in [1.165, 1.54) is 48.5 Å². The van der Waals surface area contributed by atoms with Gasteiger partial charge in [0, 0.05) is 6.07 Å². The number of esters is 2. The van der Waals surface area contributed by atoms with Crippen LogP contribution in [0.15, 0.2) is 78.9 Å². The highest BCUT2D eigenvalue weighted by Crippen LogP contribution is 2.21. The Kier molecular flexibility index (Phi) is 6.73. The highest BCUT2D eigenvalue weighted by atomic mass is 16.6. The van der Waals surface area contributed by atoms with Crippen molar-refractivity contribution in [3.8, 4) is 11.5 Å². The minimum atomic E-state index is -0.899. The number of para-hydroxylation sites is 2. The fourth-order valence-corrected chi connectivity index (χ4v) is 2.55. The molecule has 0 N–H and O–H groups in total. The van der Waals surface area contributed by atoms with Gasteiger partial charge >= 0.3 is 11.9 Å². The van der Waals surface area contributed by atoms with Crippen molar-refractivity contribution < 1.29 is 28.7 Å². The molecule has 0 amide bonds. The average molecular weight is 407 g/mol. The van der Waals surface area contributed by atoms with Gasteiger partial charge in [0.25, 0.3) is 5.69 Å². The standard InChI is InChI=1S/C22H17NO7/c24-21(29-14-13-28-17-8-2-1-3-9-17)16-7-6-10-18(15-16)30-22(25)19-11-4-5-12-20(19)23(26)27/h1-12,15H,13-14H2. The summed E-state index contributed by atoms with van der Waals surface area (Å²) in [7, 11) is 0. The lowest BCUT2D eigenvalue weighted by atomic mass is 10.2. The molecular weight excluding hydrogens is 390 g/mol. The lowest BCUT2D eigenvalue weighted by Gasteiger charge is -2.09. The van der Waals surface area contributed by atoms with Crippen LogP contribution in [0.3, 0.4) is 0 Å². The maximum absolute atomic E-state index is 12.3. The fraction of sp³-hybridized carbons (Fsp3) is 0.0909. The van der Waals surface area contributed by atoms with Crippen LogP contribution in [-0.4, -0.2) is 30.1 Å². The first-order chi connectivity index (χ1) is 14.5.